The monoisotopic (exact) mass is 625 g/mol. The molecule has 0 bridgehead atoms. The van der Waals surface area contributed by atoms with Gasteiger partial charge in [-0.25, -0.2) is 14.3 Å². The molecule has 0 spiro atoms. The molecule has 6 N–H and O–H groups in total. The number of aliphatic carboxylic acids is 2. The van der Waals surface area contributed by atoms with E-state index >= 15 is 0 Å². The molecule has 4 heterocycles. The molecule has 4 rings (SSSR count). The van der Waals surface area contributed by atoms with Crippen molar-refractivity contribution in [1.29, 1.82) is 0 Å². The molecule has 18 heteroatoms. The number of carboxylic acids is 2. The number of amides is 2. The van der Waals surface area contributed by atoms with Crippen LogP contribution >= 0.6 is 34.7 Å². The molecule has 0 aliphatic carbocycles. The Morgan fingerprint density at radius 3 is 2.68 bits per heavy atom. The van der Waals surface area contributed by atoms with Gasteiger partial charge in [0.2, 0.25) is 6.10 Å². The number of thioether (sulfide) groups is 1. The average Bonchev–Trinajstić information content (AvgIpc) is 3.27. The molecule has 0 aromatic carbocycles. The maximum absolute atomic E-state index is 13.2. The van der Waals surface area contributed by atoms with Crippen LogP contribution in [0.1, 0.15) is 12.6 Å². The van der Waals surface area contributed by atoms with Gasteiger partial charge >= 0.3 is 5.97 Å². The third-order valence-corrected chi connectivity index (χ3v) is 8.35. The Bertz CT molecular complexity index is 1430. The van der Waals surface area contributed by atoms with Gasteiger partial charge in [0, 0.05) is 35.7 Å². The van der Waals surface area contributed by atoms with Crippen LogP contribution in [0.4, 0.5) is 10.8 Å². The summed E-state index contributed by atoms with van der Waals surface area (Å²) >= 11 is 8.22. The van der Waals surface area contributed by atoms with Crippen molar-refractivity contribution in [1.82, 2.24) is 15.2 Å². The highest BCUT2D eigenvalue weighted by molar-refractivity contribution is 8.00. The third-order valence-electron chi connectivity index (χ3n) is 5.92. The first kappa shape index (κ1) is 30.0. The molecule has 1 saturated heterocycles. The van der Waals surface area contributed by atoms with E-state index in [1.54, 1.807) is 29.1 Å². The molecular formula is C23H24ClN7O8S2. The molecule has 41 heavy (non-hydrogen) atoms. The lowest BCUT2D eigenvalue weighted by molar-refractivity contribution is -0.689. The van der Waals surface area contributed by atoms with Crippen LogP contribution in [0.5, 0.6) is 0 Å². The van der Waals surface area contributed by atoms with E-state index in [0.29, 0.717) is 12.1 Å². The second kappa shape index (κ2) is 12.7. The lowest BCUT2D eigenvalue weighted by atomic mass is 10.0. The number of carbonyl (C=O) groups is 4. The van der Waals surface area contributed by atoms with Gasteiger partial charge in [0.25, 0.3) is 11.8 Å². The molecule has 0 radical (unpaired) electrons. The van der Waals surface area contributed by atoms with E-state index in [-0.39, 0.29) is 39.8 Å². The lowest BCUT2D eigenvalue weighted by Crippen LogP contribution is -2.71. The number of nitrogen functional groups attached to an aromatic ring is 1. The topological polar surface area (TPSA) is 223 Å². The molecule has 0 saturated carbocycles. The highest BCUT2D eigenvalue weighted by Crippen LogP contribution is 2.40. The van der Waals surface area contributed by atoms with Gasteiger partial charge in [-0.05, 0) is 6.92 Å². The molecule has 2 aromatic heterocycles. The molecule has 2 aromatic rings. The smallest absolute Gasteiger partial charge is 0.347 e. The minimum Gasteiger partial charge on any atom is -0.543 e. The lowest BCUT2D eigenvalue weighted by Gasteiger charge is -2.50. The Morgan fingerprint density at radius 1 is 1.39 bits per heavy atom. The molecule has 218 valence electrons. The van der Waals surface area contributed by atoms with Gasteiger partial charge in [-0.3, -0.25) is 14.5 Å². The van der Waals surface area contributed by atoms with Crippen LogP contribution in [-0.2, 0) is 30.6 Å². The molecule has 15 nitrogen and oxygen atoms in total. The van der Waals surface area contributed by atoms with Gasteiger partial charge in [-0.15, -0.1) is 11.8 Å². The highest BCUT2D eigenvalue weighted by atomic mass is 35.5. The van der Waals surface area contributed by atoms with E-state index in [2.05, 4.69) is 20.8 Å². The number of nitrogens with one attached hydrogen (secondary N) is 2. The van der Waals surface area contributed by atoms with E-state index in [9.17, 15) is 24.3 Å². The van der Waals surface area contributed by atoms with Crippen LogP contribution in [0, 0.1) is 0 Å². The van der Waals surface area contributed by atoms with Crippen LogP contribution in [0.25, 0.3) is 0 Å². The number of halogens is 1. The Labute approximate surface area is 245 Å². The number of hydrogen-bond donors (Lipinski definition) is 5. The molecule has 2 aliphatic rings. The summed E-state index contributed by atoms with van der Waals surface area (Å²) in [4.78, 5) is 59.4. The summed E-state index contributed by atoms with van der Waals surface area (Å²) in [6.07, 6.45) is 2.03. The number of fused-ring (bicyclic) bond motifs is 1. The number of β-lactam (4-membered cyclic amide) rings is 1. The standard InChI is InChI=1S/C23H24ClN7O8S2/c1-10(21(35)36)39-29-14(13-17(24)41-23(25)28-13)18(33)27-15-19(34)31-16(22(37)38)11(9-40-20(15)31)8-30-5-2-12(3-6-30)26-4-7-32/h2-3,5-6,10,15,20,32H,4,7-9H2,1H3,(H5,25,27,28,33,35,36,37,38)/b29-14-/t10-,15+,20+/m0/s1. The molecule has 0 unspecified atom stereocenters. The van der Waals surface area contributed by atoms with Crippen molar-refractivity contribution < 1.29 is 43.9 Å². The first-order valence-electron chi connectivity index (χ1n) is 11.9. The molecule has 1 fully saturated rings. The fourth-order valence-electron chi connectivity index (χ4n) is 3.94. The zero-order valence-electron chi connectivity index (χ0n) is 21.3. The second-order valence-electron chi connectivity index (χ2n) is 8.71. The van der Waals surface area contributed by atoms with Crippen molar-refractivity contribution >= 4 is 75.0 Å². The number of nitrogens with two attached hydrogens (primary N) is 1. The number of aliphatic hydroxyl groups excluding tert-OH is 1. The van der Waals surface area contributed by atoms with Crippen molar-refractivity contribution in [3.8, 4) is 0 Å². The van der Waals surface area contributed by atoms with Gasteiger partial charge in [-0.2, -0.15) is 0 Å². The van der Waals surface area contributed by atoms with Crippen LogP contribution in [0.3, 0.4) is 0 Å². The minimum atomic E-state index is -1.53. The highest BCUT2D eigenvalue weighted by Gasteiger charge is 2.53. The summed E-state index contributed by atoms with van der Waals surface area (Å²) in [6.45, 7) is 1.71. The van der Waals surface area contributed by atoms with Gasteiger partial charge in [0.1, 0.15) is 21.4 Å². The molecule has 2 amide bonds. The fourth-order valence-corrected chi connectivity index (χ4v) is 6.20. The zero-order valence-corrected chi connectivity index (χ0v) is 23.7. The average molecular weight is 626 g/mol. The van der Waals surface area contributed by atoms with E-state index in [0.717, 1.165) is 21.9 Å². The number of pyridine rings is 1. The predicted octanol–water partition coefficient (Wildman–Crippen LogP) is -1.63. The number of oxime groups is 1. The first-order chi connectivity index (χ1) is 19.5. The Kier molecular flexibility index (Phi) is 9.31. The molecule has 3 atom stereocenters. The van der Waals surface area contributed by atoms with Crippen molar-refractivity contribution in [3.05, 3.63) is 45.8 Å². The summed E-state index contributed by atoms with van der Waals surface area (Å²) in [7, 11) is 0. The second-order valence-corrected chi connectivity index (χ2v) is 11.4. The van der Waals surface area contributed by atoms with Gasteiger partial charge in [0.15, 0.2) is 29.8 Å². The maximum Gasteiger partial charge on any atom is 0.347 e. The van der Waals surface area contributed by atoms with Gasteiger partial charge < -0.3 is 41.3 Å². The molecular weight excluding hydrogens is 602 g/mol. The van der Waals surface area contributed by atoms with Crippen molar-refractivity contribution in [3.63, 3.8) is 0 Å². The number of hydrogen-bond acceptors (Lipinski definition) is 13. The van der Waals surface area contributed by atoms with Crippen molar-refractivity contribution in [2.45, 2.75) is 31.0 Å². The van der Waals surface area contributed by atoms with Gasteiger partial charge in [-0.1, -0.05) is 28.1 Å². The number of thiazole rings is 1. The van der Waals surface area contributed by atoms with E-state index in [1.807, 2.05) is 0 Å². The Morgan fingerprint density at radius 2 is 2.10 bits per heavy atom. The number of carbonyl (C=O) groups excluding carboxylic acids is 3. The SMILES string of the molecule is C[C@H](O/N=C(\C(=O)N[C@@H]1C(=O)N2C(C(=O)[O-])=C(C[n+]3ccc(NCCO)cc3)CS[C@H]12)c1nc(N)sc1Cl)C(=O)O. The van der Waals surface area contributed by atoms with Crippen LogP contribution in [0.2, 0.25) is 4.34 Å². The third kappa shape index (κ3) is 6.53. The maximum atomic E-state index is 13.2. The summed E-state index contributed by atoms with van der Waals surface area (Å²) in [5.74, 6) is -4.29. The summed E-state index contributed by atoms with van der Waals surface area (Å²) < 4.78 is 1.72. The largest absolute Gasteiger partial charge is 0.543 e. The zero-order chi connectivity index (χ0) is 29.8. The van der Waals surface area contributed by atoms with Crippen LogP contribution in [0.15, 0.2) is 41.0 Å². The predicted molar refractivity (Wildman–Crippen MR) is 146 cm³/mol. The van der Waals surface area contributed by atoms with E-state index < -0.39 is 47.0 Å². The number of rotatable bonds is 12. The van der Waals surface area contributed by atoms with Crippen molar-refractivity contribution in [2.75, 3.05) is 30.0 Å². The number of aromatic nitrogens is 2. The Balaban J connectivity index is 1.52. The summed E-state index contributed by atoms with van der Waals surface area (Å²) in [6, 6.07) is 2.39. The van der Waals surface area contributed by atoms with Crippen LogP contribution in [-0.4, -0.2) is 86.0 Å². The normalized spacial score (nSPS) is 19.2. The number of nitrogens with zero attached hydrogens (tertiary/aromatic N) is 4. The fraction of sp³-hybridized carbons (Fsp3) is 0.348. The van der Waals surface area contributed by atoms with E-state index in [1.165, 1.54) is 18.7 Å². The van der Waals surface area contributed by atoms with Gasteiger partial charge in [0.05, 0.1) is 18.3 Å². The van der Waals surface area contributed by atoms with Crippen LogP contribution < -0.4 is 26.0 Å². The minimum absolute atomic E-state index is 0.00992. The number of anilines is 2. The first-order valence-corrected chi connectivity index (χ1v) is 14.2. The summed E-state index contributed by atoms with van der Waals surface area (Å²) in [5.41, 5.74) is 5.92. The van der Waals surface area contributed by atoms with E-state index in [4.69, 9.17) is 32.4 Å². The van der Waals surface area contributed by atoms with Crippen molar-refractivity contribution in [2.24, 2.45) is 5.16 Å². The summed E-state index contributed by atoms with van der Waals surface area (Å²) in [5, 5.41) is 38.5. The quantitative estimate of drug-likeness (QED) is 0.0776. The molecule has 2 aliphatic heterocycles. The number of aliphatic hydroxyl groups is 1. The number of carboxylic acid groups (broad SMARTS) is 2. The Hall–Kier alpha value is -3.93.